The van der Waals surface area contributed by atoms with Crippen molar-refractivity contribution in [2.75, 3.05) is 5.84 Å². The van der Waals surface area contributed by atoms with E-state index in [4.69, 9.17) is 17.4 Å². The predicted molar refractivity (Wildman–Crippen MR) is 106 cm³/mol. The summed E-state index contributed by atoms with van der Waals surface area (Å²) in [5.41, 5.74) is 0.785. The molecule has 1 heterocycles. The molecule has 0 saturated heterocycles. The minimum atomic E-state index is -0.303. The number of amides is 1. The molecule has 26 heavy (non-hydrogen) atoms. The molecule has 6 nitrogen and oxygen atoms in total. The summed E-state index contributed by atoms with van der Waals surface area (Å²) in [6.07, 6.45) is 4.65. The largest absolute Gasteiger partial charge is 0.352 e. The van der Waals surface area contributed by atoms with Crippen molar-refractivity contribution in [2.45, 2.75) is 56.0 Å². The molecule has 140 valence electrons. The van der Waals surface area contributed by atoms with E-state index < -0.39 is 0 Å². The molecule has 0 aliphatic heterocycles. The van der Waals surface area contributed by atoms with Gasteiger partial charge in [-0.25, -0.2) is 4.68 Å². The van der Waals surface area contributed by atoms with E-state index in [1.807, 2.05) is 19.1 Å². The second-order valence-corrected chi connectivity index (χ2v) is 8.57. The van der Waals surface area contributed by atoms with Crippen LogP contribution in [0.3, 0.4) is 0 Å². The Morgan fingerprint density at radius 3 is 2.88 bits per heavy atom. The van der Waals surface area contributed by atoms with Crippen molar-refractivity contribution in [3.8, 4) is 11.4 Å². The molecule has 1 aliphatic carbocycles. The van der Waals surface area contributed by atoms with Crippen molar-refractivity contribution >= 4 is 29.3 Å². The third kappa shape index (κ3) is 4.32. The molecule has 3 atom stereocenters. The molecule has 3 N–H and O–H groups in total. The molecule has 1 fully saturated rings. The van der Waals surface area contributed by atoms with Crippen LogP contribution in [0.5, 0.6) is 0 Å². The predicted octanol–water partition coefficient (Wildman–Crippen LogP) is 3.49. The first-order valence-corrected chi connectivity index (χ1v) is 10.1. The van der Waals surface area contributed by atoms with Crippen LogP contribution in [-0.2, 0) is 4.79 Å². The van der Waals surface area contributed by atoms with Crippen LogP contribution in [0.15, 0.2) is 29.4 Å². The van der Waals surface area contributed by atoms with Gasteiger partial charge in [0.2, 0.25) is 11.1 Å². The molecular weight excluding hydrogens is 370 g/mol. The summed E-state index contributed by atoms with van der Waals surface area (Å²) in [6, 6.07) is 7.53. The van der Waals surface area contributed by atoms with Crippen LogP contribution in [0.1, 0.15) is 39.5 Å². The van der Waals surface area contributed by atoms with E-state index in [-0.39, 0.29) is 17.2 Å². The van der Waals surface area contributed by atoms with Crippen LogP contribution >= 0.6 is 23.4 Å². The van der Waals surface area contributed by atoms with Gasteiger partial charge in [0.15, 0.2) is 5.82 Å². The van der Waals surface area contributed by atoms with Crippen molar-refractivity contribution in [3.63, 3.8) is 0 Å². The zero-order valence-electron chi connectivity index (χ0n) is 15.0. The lowest BCUT2D eigenvalue weighted by Crippen LogP contribution is -2.44. The molecule has 1 aromatic heterocycles. The number of rotatable bonds is 5. The fourth-order valence-electron chi connectivity index (χ4n) is 3.22. The summed E-state index contributed by atoms with van der Waals surface area (Å²) in [5, 5.41) is 12.3. The maximum absolute atomic E-state index is 12.5. The van der Waals surface area contributed by atoms with Crippen LogP contribution in [0, 0.1) is 5.92 Å². The number of hydrogen-bond acceptors (Lipinski definition) is 5. The summed E-state index contributed by atoms with van der Waals surface area (Å²) < 4.78 is 1.41. The zero-order valence-corrected chi connectivity index (χ0v) is 16.6. The highest BCUT2D eigenvalue weighted by molar-refractivity contribution is 8.00. The van der Waals surface area contributed by atoms with E-state index in [1.165, 1.54) is 35.7 Å². The number of aromatic nitrogens is 3. The molecule has 1 amide bonds. The summed E-state index contributed by atoms with van der Waals surface area (Å²) in [5.74, 6) is 7.19. The molecular formula is C18H24ClN5OS. The normalized spacial score (nSPS) is 21.3. The van der Waals surface area contributed by atoms with Crippen LogP contribution in [0.25, 0.3) is 11.4 Å². The quantitative estimate of drug-likeness (QED) is 0.599. The van der Waals surface area contributed by atoms with Gasteiger partial charge in [-0.15, -0.1) is 10.2 Å². The lowest BCUT2D eigenvalue weighted by atomic mass is 9.86. The Kier molecular flexibility index (Phi) is 6.09. The highest BCUT2D eigenvalue weighted by atomic mass is 35.5. The van der Waals surface area contributed by atoms with Gasteiger partial charge in [-0.1, -0.05) is 55.3 Å². The van der Waals surface area contributed by atoms with Crippen molar-refractivity contribution in [2.24, 2.45) is 5.92 Å². The number of hydrogen-bond donors (Lipinski definition) is 2. The minimum Gasteiger partial charge on any atom is -0.352 e. The van der Waals surface area contributed by atoms with Crippen LogP contribution in [0.2, 0.25) is 5.02 Å². The lowest BCUT2D eigenvalue weighted by molar-refractivity contribution is -0.121. The van der Waals surface area contributed by atoms with Crippen molar-refractivity contribution in [1.29, 1.82) is 0 Å². The summed E-state index contributed by atoms with van der Waals surface area (Å²) in [6.45, 7) is 4.07. The van der Waals surface area contributed by atoms with Crippen molar-refractivity contribution in [3.05, 3.63) is 29.3 Å². The van der Waals surface area contributed by atoms with Gasteiger partial charge in [-0.05, 0) is 37.8 Å². The fourth-order valence-corrected chi connectivity index (χ4v) is 4.19. The number of carbonyl (C=O) groups excluding carboxylic acids is 1. The highest BCUT2D eigenvalue weighted by Gasteiger charge is 2.26. The number of nitrogens with two attached hydrogens (primary N) is 1. The van der Waals surface area contributed by atoms with E-state index in [9.17, 15) is 4.79 Å². The first kappa shape index (κ1) is 19.0. The SMILES string of the molecule is C[C@@H]1CCCC[C@@H]1NC(=O)[C@@H](C)Sc1nnc(-c2cccc(Cl)c2)n1N. The zero-order chi connectivity index (χ0) is 18.7. The minimum absolute atomic E-state index is 0.0149. The Balaban J connectivity index is 1.66. The molecule has 0 radical (unpaired) electrons. The van der Waals surface area contributed by atoms with Gasteiger partial charge in [0.05, 0.1) is 5.25 Å². The second kappa shape index (κ2) is 8.31. The molecule has 2 aromatic rings. The van der Waals surface area contributed by atoms with Gasteiger partial charge in [0.1, 0.15) is 0 Å². The maximum Gasteiger partial charge on any atom is 0.233 e. The molecule has 8 heteroatoms. The maximum atomic E-state index is 12.5. The number of nitrogen functional groups attached to an aromatic ring is 1. The molecule has 1 aromatic carbocycles. The second-order valence-electron chi connectivity index (χ2n) is 6.82. The summed E-state index contributed by atoms with van der Waals surface area (Å²) in [7, 11) is 0. The van der Waals surface area contributed by atoms with Gasteiger partial charge < -0.3 is 11.2 Å². The van der Waals surface area contributed by atoms with Gasteiger partial charge in [0.25, 0.3) is 0 Å². The topological polar surface area (TPSA) is 85.8 Å². The van der Waals surface area contributed by atoms with E-state index in [2.05, 4.69) is 22.4 Å². The molecule has 1 saturated carbocycles. The molecule has 0 bridgehead atoms. The van der Waals surface area contributed by atoms with Crippen LogP contribution in [0.4, 0.5) is 0 Å². The standard InChI is InChI=1S/C18H24ClN5OS/c1-11-6-3-4-9-15(11)21-17(25)12(2)26-18-23-22-16(24(18)20)13-7-5-8-14(19)10-13/h5,7-8,10-12,15H,3-4,6,9,20H2,1-2H3,(H,21,25)/t11-,12-,15+/m1/s1. The van der Waals surface area contributed by atoms with Crippen LogP contribution < -0.4 is 11.2 Å². The lowest BCUT2D eigenvalue weighted by Gasteiger charge is -2.30. The molecule has 0 spiro atoms. The van der Waals surface area contributed by atoms with Crippen molar-refractivity contribution in [1.82, 2.24) is 20.2 Å². The van der Waals surface area contributed by atoms with Gasteiger partial charge >= 0.3 is 0 Å². The first-order valence-electron chi connectivity index (χ1n) is 8.89. The number of benzene rings is 1. The number of thioether (sulfide) groups is 1. The van der Waals surface area contributed by atoms with Gasteiger partial charge in [0, 0.05) is 16.6 Å². The van der Waals surface area contributed by atoms with E-state index >= 15 is 0 Å². The van der Waals surface area contributed by atoms with Crippen molar-refractivity contribution < 1.29 is 4.79 Å². The number of nitrogens with zero attached hydrogens (tertiary/aromatic N) is 3. The smallest absolute Gasteiger partial charge is 0.233 e. The third-order valence-corrected chi connectivity index (χ3v) is 6.13. The fraction of sp³-hybridized carbons (Fsp3) is 0.500. The van der Waals surface area contributed by atoms with Gasteiger partial charge in [-0.3, -0.25) is 4.79 Å². The average Bonchev–Trinajstić information content (AvgIpc) is 2.97. The van der Waals surface area contributed by atoms with E-state index in [0.717, 1.165) is 12.0 Å². The Bertz CT molecular complexity index is 781. The number of carbonyl (C=O) groups is 1. The third-order valence-electron chi connectivity index (χ3n) is 4.84. The highest BCUT2D eigenvalue weighted by Crippen LogP contribution is 2.27. The summed E-state index contributed by atoms with van der Waals surface area (Å²) in [4.78, 5) is 12.5. The number of halogens is 1. The number of nitrogens with one attached hydrogen (secondary N) is 1. The first-order chi connectivity index (χ1) is 12.5. The Morgan fingerprint density at radius 1 is 1.38 bits per heavy atom. The van der Waals surface area contributed by atoms with E-state index in [1.54, 1.807) is 12.1 Å². The summed E-state index contributed by atoms with van der Waals surface area (Å²) >= 11 is 7.33. The van der Waals surface area contributed by atoms with Gasteiger partial charge in [-0.2, -0.15) is 0 Å². The monoisotopic (exact) mass is 393 g/mol. The van der Waals surface area contributed by atoms with E-state index in [0.29, 0.717) is 21.9 Å². The molecule has 1 aliphatic rings. The Morgan fingerprint density at radius 2 is 2.15 bits per heavy atom. The molecule has 0 unspecified atom stereocenters. The van der Waals surface area contributed by atoms with Crippen LogP contribution in [-0.4, -0.2) is 32.1 Å². The molecule has 3 rings (SSSR count). The average molecular weight is 394 g/mol. The Hall–Kier alpha value is -1.73. The Labute approximate surface area is 162 Å².